The number of halogens is 2. The minimum Gasteiger partial charge on any atom is -0.361 e. The molecule has 1 saturated heterocycles. The zero-order valence-corrected chi connectivity index (χ0v) is 13.6. The van der Waals surface area contributed by atoms with Crippen LogP contribution in [0.2, 0.25) is 0 Å². The van der Waals surface area contributed by atoms with E-state index in [1.807, 2.05) is 6.20 Å². The van der Waals surface area contributed by atoms with Crippen LogP contribution in [0.25, 0.3) is 10.9 Å². The van der Waals surface area contributed by atoms with Gasteiger partial charge in [-0.05, 0) is 54.7 Å². The number of likely N-dealkylation sites (tertiary alicyclic amines) is 1. The zero-order chi connectivity index (χ0) is 17.4. The standard InChI is InChI=1S/C20H18F2N2O/c21-14-5-6-19-16(11-14)17(12-23-19)13-7-9-24(10-8-13)20(25)15-3-1-2-4-18(15)22/h1-6,11-13,23H,7-10H2. The van der Waals surface area contributed by atoms with Crippen molar-refractivity contribution in [2.24, 2.45) is 0 Å². The van der Waals surface area contributed by atoms with Crippen LogP contribution in [0.3, 0.4) is 0 Å². The lowest BCUT2D eigenvalue weighted by Gasteiger charge is -2.32. The normalized spacial score (nSPS) is 15.7. The second kappa shape index (κ2) is 6.31. The van der Waals surface area contributed by atoms with Crippen LogP contribution in [0.4, 0.5) is 8.78 Å². The number of carbonyl (C=O) groups is 1. The first-order chi connectivity index (χ1) is 12.1. The van der Waals surface area contributed by atoms with E-state index in [9.17, 15) is 13.6 Å². The van der Waals surface area contributed by atoms with Gasteiger partial charge in [-0.2, -0.15) is 0 Å². The Morgan fingerprint density at radius 1 is 1.08 bits per heavy atom. The molecule has 0 aliphatic carbocycles. The molecule has 0 spiro atoms. The van der Waals surface area contributed by atoms with E-state index < -0.39 is 5.82 Å². The molecule has 128 valence electrons. The van der Waals surface area contributed by atoms with Crippen molar-refractivity contribution in [1.29, 1.82) is 0 Å². The fourth-order valence-electron chi connectivity index (χ4n) is 3.65. The first-order valence-corrected chi connectivity index (χ1v) is 8.44. The van der Waals surface area contributed by atoms with Crippen molar-refractivity contribution in [3.8, 4) is 0 Å². The minimum atomic E-state index is -0.485. The molecular weight excluding hydrogens is 322 g/mol. The lowest BCUT2D eigenvalue weighted by Crippen LogP contribution is -2.38. The molecule has 1 amide bonds. The number of nitrogens with zero attached hydrogens (tertiary/aromatic N) is 1. The molecule has 1 aliphatic rings. The zero-order valence-electron chi connectivity index (χ0n) is 13.6. The predicted octanol–water partition coefficient (Wildman–Crippen LogP) is 4.47. The highest BCUT2D eigenvalue weighted by molar-refractivity contribution is 5.94. The Labute approximate surface area is 144 Å². The number of hydrogen-bond donors (Lipinski definition) is 1. The highest BCUT2D eigenvalue weighted by atomic mass is 19.1. The molecule has 5 heteroatoms. The van der Waals surface area contributed by atoms with E-state index in [0.717, 1.165) is 29.3 Å². The Morgan fingerprint density at radius 2 is 1.84 bits per heavy atom. The third-order valence-corrected chi connectivity index (χ3v) is 5.00. The molecule has 3 aromatic rings. The van der Waals surface area contributed by atoms with Gasteiger partial charge in [0.15, 0.2) is 0 Å². The van der Waals surface area contributed by atoms with Gasteiger partial charge in [0.05, 0.1) is 5.56 Å². The molecule has 1 N–H and O–H groups in total. The Morgan fingerprint density at radius 3 is 2.60 bits per heavy atom. The first-order valence-electron chi connectivity index (χ1n) is 8.44. The summed E-state index contributed by atoms with van der Waals surface area (Å²) in [7, 11) is 0. The number of piperidine rings is 1. The fraction of sp³-hybridized carbons (Fsp3) is 0.250. The summed E-state index contributed by atoms with van der Waals surface area (Å²) in [6, 6.07) is 10.8. The van der Waals surface area contributed by atoms with Crippen LogP contribution in [0, 0.1) is 11.6 Å². The SMILES string of the molecule is O=C(c1ccccc1F)N1CCC(c2c[nH]c3ccc(F)cc23)CC1. The number of fused-ring (bicyclic) bond motifs is 1. The van der Waals surface area contributed by atoms with Gasteiger partial charge in [-0.15, -0.1) is 0 Å². The molecule has 0 bridgehead atoms. The van der Waals surface area contributed by atoms with Gasteiger partial charge < -0.3 is 9.88 Å². The monoisotopic (exact) mass is 340 g/mol. The summed E-state index contributed by atoms with van der Waals surface area (Å²) in [4.78, 5) is 17.4. The number of hydrogen-bond acceptors (Lipinski definition) is 1. The van der Waals surface area contributed by atoms with Gasteiger partial charge in [0.25, 0.3) is 5.91 Å². The molecule has 3 nitrogen and oxygen atoms in total. The predicted molar refractivity (Wildman–Crippen MR) is 92.5 cm³/mol. The number of rotatable bonds is 2. The van der Waals surface area contributed by atoms with Crippen molar-refractivity contribution >= 4 is 16.8 Å². The first kappa shape index (κ1) is 15.8. The van der Waals surface area contributed by atoms with E-state index in [4.69, 9.17) is 0 Å². The molecule has 2 aromatic carbocycles. The van der Waals surface area contributed by atoms with Gasteiger partial charge in [0.1, 0.15) is 11.6 Å². The van der Waals surface area contributed by atoms with E-state index >= 15 is 0 Å². The minimum absolute atomic E-state index is 0.120. The van der Waals surface area contributed by atoms with Crippen molar-refractivity contribution in [3.05, 3.63) is 71.4 Å². The highest BCUT2D eigenvalue weighted by Crippen LogP contribution is 2.33. The Kier molecular flexibility index (Phi) is 3.99. The number of aromatic nitrogens is 1. The lowest BCUT2D eigenvalue weighted by atomic mass is 9.89. The average Bonchev–Trinajstić information content (AvgIpc) is 3.05. The molecule has 1 aromatic heterocycles. The highest BCUT2D eigenvalue weighted by Gasteiger charge is 2.27. The molecule has 0 saturated carbocycles. The van der Waals surface area contributed by atoms with E-state index in [1.54, 1.807) is 29.2 Å². The number of amides is 1. The summed E-state index contributed by atoms with van der Waals surface area (Å²) in [5, 5.41) is 0.902. The van der Waals surface area contributed by atoms with Crippen molar-refractivity contribution in [1.82, 2.24) is 9.88 Å². The second-order valence-electron chi connectivity index (χ2n) is 6.48. The summed E-state index contributed by atoms with van der Waals surface area (Å²) < 4.78 is 27.4. The molecule has 2 heterocycles. The number of aromatic amines is 1. The smallest absolute Gasteiger partial charge is 0.256 e. The third kappa shape index (κ3) is 2.90. The third-order valence-electron chi connectivity index (χ3n) is 5.00. The summed E-state index contributed by atoms with van der Waals surface area (Å²) in [6.45, 7) is 1.14. The van der Waals surface area contributed by atoms with Crippen LogP contribution in [-0.4, -0.2) is 28.9 Å². The van der Waals surface area contributed by atoms with Gasteiger partial charge in [0.2, 0.25) is 0 Å². The quantitative estimate of drug-likeness (QED) is 0.734. The van der Waals surface area contributed by atoms with Gasteiger partial charge in [-0.25, -0.2) is 8.78 Å². The maximum atomic E-state index is 13.8. The molecule has 0 radical (unpaired) electrons. The van der Waals surface area contributed by atoms with Crippen LogP contribution in [0.15, 0.2) is 48.7 Å². The van der Waals surface area contributed by atoms with Crippen molar-refractivity contribution in [3.63, 3.8) is 0 Å². The van der Waals surface area contributed by atoms with Gasteiger partial charge in [0, 0.05) is 30.2 Å². The number of carbonyl (C=O) groups excluding carboxylic acids is 1. The van der Waals surface area contributed by atoms with Crippen molar-refractivity contribution in [2.75, 3.05) is 13.1 Å². The maximum Gasteiger partial charge on any atom is 0.256 e. The maximum absolute atomic E-state index is 13.8. The van der Waals surface area contributed by atoms with Crippen LogP contribution >= 0.6 is 0 Å². The second-order valence-corrected chi connectivity index (χ2v) is 6.48. The van der Waals surface area contributed by atoms with E-state index in [2.05, 4.69) is 4.98 Å². The van der Waals surface area contributed by atoms with Crippen LogP contribution in [-0.2, 0) is 0 Å². The molecule has 1 fully saturated rings. The van der Waals surface area contributed by atoms with Crippen LogP contribution in [0.5, 0.6) is 0 Å². The molecule has 4 rings (SSSR count). The number of nitrogens with one attached hydrogen (secondary N) is 1. The number of H-pyrrole nitrogens is 1. The molecule has 0 atom stereocenters. The van der Waals surface area contributed by atoms with Crippen molar-refractivity contribution < 1.29 is 13.6 Å². The Bertz CT molecular complexity index is 926. The topological polar surface area (TPSA) is 36.1 Å². The van der Waals surface area contributed by atoms with E-state index in [1.165, 1.54) is 18.2 Å². The molecule has 0 unspecified atom stereocenters. The van der Waals surface area contributed by atoms with Gasteiger partial charge in [-0.3, -0.25) is 4.79 Å². The van der Waals surface area contributed by atoms with Crippen LogP contribution in [0.1, 0.15) is 34.7 Å². The summed E-state index contributed by atoms with van der Waals surface area (Å²) in [6.07, 6.45) is 3.50. The van der Waals surface area contributed by atoms with Crippen LogP contribution < -0.4 is 0 Å². The summed E-state index contributed by atoms with van der Waals surface area (Å²) >= 11 is 0. The average molecular weight is 340 g/mol. The summed E-state index contributed by atoms with van der Waals surface area (Å²) in [5.74, 6) is -0.732. The summed E-state index contributed by atoms with van der Waals surface area (Å²) in [5.41, 5.74) is 2.13. The Balaban J connectivity index is 1.50. The molecule has 1 aliphatic heterocycles. The van der Waals surface area contributed by atoms with Crippen molar-refractivity contribution in [2.45, 2.75) is 18.8 Å². The molecular formula is C20H18F2N2O. The largest absolute Gasteiger partial charge is 0.361 e. The van der Waals surface area contributed by atoms with E-state index in [0.29, 0.717) is 13.1 Å². The Hall–Kier alpha value is -2.69. The fourth-order valence-corrected chi connectivity index (χ4v) is 3.65. The van der Waals surface area contributed by atoms with Gasteiger partial charge >= 0.3 is 0 Å². The lowest BCUT2D eigenvalue weighted by molar-refractivity contribution is 0.0708. The van der Waals surface area contributed by atoms with Gasteiger partial charge in [-0.1, -0.05) is 12.1 Å². The number of benzene rings is 2. The molecule has 25 heavy (non-hydrogen) atoms. The van der Waals surface area contributed by atoms with E-state index in [-0.39, 0.29) is 23.2 Å².